The molecule has 0 saturated carbocycles. The van der Waals surface area contributed by atoms with Crippen LogP contribution in [0, 0.1) is 13.8 Å². The molecule has 1 amide bonds. The number of benzene rings is 2. The van der Waals surface area contributed by atoms with E-state index in [2.05, 4.69) is 26.7 Å². The largest absolute Gasteiger partial charge is 0.497 e. The molecule has 138 valence electrons. The highest BCUT2D eigenvalue weighted by molar-refractivity contribution is 5.92. The lowest BCUT2D eigenvalue weighted by Gasteiger charge is -2.09. The molecule has 6 heteroatoms. The molecule has 0 unspecified atom stereocenters. The highest BCUT2D eigenvalue weighted by Gasteiger charge is 2.08. The molecular weight excluding hydrogens is 340 g/mol. The van der Waals surface area contributed by atoms with E-state index in [1.807, 2.05) is 50.2 Å². The van der Waals surface area contributed by atoms with Crippen LogP contribution in [-0.4, -0.2) is 23.0 Å². The highest BCUT2D eigenvalue weighted by Crippen LogP contribution is 2.17. The number of carbonyl (C=O) groups excluding carboxylic acids is 1. The molecule has 1 aromatic heterocycles. The van der Waals surface area contributed by atoms with Gasteiger partial charge in [0, 0.05) is 12.2 Å². The van der Waals surface area contributed by atoms with Gasteiger partial charge < -0.3 is 15.4 Å². The topological polar surface area (TPSA) is 76.1 Å². The Morgan fingerprint density at radius 2 is 1.70 bits per heavy atom. The summed E-state index contributed by atoms with van der Waals surface area (Å²) in [6, 6.07) is 13.7. The van der Waals surface area contributed by atoms with Crippen molar-refractivity contribution in [1.29, 1.82) is 0 Å². The predicted octanol–water partition coefficient (Wildman–Crippen LogP) is 3.78. The van der Waals surface area contributed by atoms with Gasteiger partial charge in [-0.2, -0.15) is 0 Å². The van der Waals surface area contributed by atoms with Crippen LogP contribution in [0.3, 0.4) is 0 Å². The van der Waals surface area contributed by atoms with E-state index in [1.165, 1.54) is 17.3 Å². The van der Waals surface area contributed by atoms with E-state index >= 15 is 0 Å². The molecule has 0 radical (unpaired) electrons. The number of rotatable bonds is 6. The Labute approximate surface area is 158 Å². The van der Waals surface area contributed by atoms with E-state index in [0.29, 0.717) is 12.4 Å². The number of ether oxygens (including phenoxy) is 1. The van der Waals surface area contributed by atoms with Gasteiger partial charge in [-0.15, -0.1) is 0 Å². The summed E-state index contributed by atoms with van der Waals surface area (Å²) in [5.74, 6) is 1.10. The van der Waals surface area contributed by atoms with Gasteiger partial charge in [-0.05, 0) is 54.8 Å². The second-order valence-electron chi connectivity index (χ2n) is 6.32. The van der Waals surface area contributed by atoms with Gasteiger partial charge in [0.05, 0.1) is 19.5 Å². The van der Waals surface area contributed by atoms with Gasteiger partial charge in [-0.25, -0.2) is 9.97 Å². The first-order chi connectivity index (χ1) is 13.0. The molecule has 0 aliphatic heterocycles. The molecular formula is C21H22N4O2. The van der Waals surface area contributed by atoms with Crippen LogP contribution in [0.1, 0.15) is 27.2 Å². The monoisotopic (exact) mass is 362 g/mol. The van der Waals surface area contributed by atoms with Crippen molar-refractivity contribution in [3.8, 4) is 5.75 Å². The highest BCUT2D eigenvalue weighted by atomic mass is 16.5. The number of anilines is 2. The summed E-state index contributed by atoms with van der Waals surface area (Å²) >= 11 is 0. The molecule has 0 fully saturated rings. The first-order valence-corrected chi connectivity index (χ1v) is 8.62. The van der Waals surface area contributed by atoms with Gasteiger partial charge in [0.15, 0.2) is 0 Å². The Morgan fingerprint density at radius 1 is 1.00 bits per heavy atom. The number of carbonyl (C=O) groups is 1. The SMILES string of the molecule is COc1ccc(CNC(=O)c2cnc(Nc3cc(C)cc(C)c3)cn2)cc1. The van der Waals surface area contributed by atoms with Crippen LogP contribution >= 0.6 is 0 Å². The fourth-order valence-electron chi connectivity index (χ4n) is 2.72. The van der Waals surface area contributed by atoms with Crippen LogP contribution in [0.25, 0.3) is 0 Å². The molecule has 0 aliphatic carbocycles. The van der Waals surface area contributed by atoms with Crippen molar-refractivity contribution in [3.63, 3.8) is 0 Å². The van der Waals surface area contributed by atoms with Crippen LogP contribution in [0.15, 0.2) is 54.9 Å². The minimum atomic E-state index is -0.267. The second-order valence-corrected chi connectivity index (χ2v) is 6.32. The Hall–Kier alpha value is -3.41. The Balaban J connectivity index is 1.59. The van der Waals surface area contributed by atoms with Crippen LogP contribution in [-0.2, 0) is 6.54 Å². The summed E-state index contributed by atoms with van der Waals surface area (Å²) in [5, 5.41) is 6.04. The van der Waals surface area contributed by atoms with E-state index < -0.39 is 0 Å². The van der Waals surface area contributed by atoms with Gasteiger partial charge in [-0.3, -0.25) is 4.79 Å². The maximum absolute atomic E-state index is 12.2. The Bertz CT molecular complexity index is 902. The number of methoxy groups -OCH3 is 1. The first kappa shape index (κ1) is 18.4. The summed E-state index contributed by atoms with van der Waals surface area (Å²) in [4.78, 5) is 20.7. The molecule has 2 aromatic carbocycles. The van der Waals surface area contributed by atoms with E-state index in [9.17, 15) is 4.79 Å². The zero-order valence-electron chi connectivity index (χ0n) is 15.6. The maximum atomic E-state index is 12.2. The average Bonchev–Trinajstić information content (AvgIpc) is 2.66. The Morgan fingerprint density at radius 3 is 2.30 bits per heavy atom. The van der Waals surface area contributed by atoms with Gasteiger partial charge in [0.25, 0.3) is 5.91 Å². The van der Waals surface area contributed by atoms with Crippen molar-refractivity contribution in [1.82, 2.24) is 15.3 Å². The lowest BCUT2D eigenvalue weighted by atomic mass is 10.1. The van der Waals surface area contributed by atoms with Gasteiger partial charge in [0.2, 0.25) is 0 Å². The third kappa shape index (κ3) is 5.04. The molecule has 3 aromatic rings. The summed E-state index contributed by atoms with van der Waals surface area (Å²) in [6.45, 7) is 4.49. The number of nitrogens with one attached hydrogen (secondary N) is 2. The minimum Gasteiger partial charge on any atom is -0.497 e. The molecule has 27 heavy (non-hydrogen) atoms. The van der Waals surface area contributed by atoms with E-state index in [0.717, 1.165) is 17.0 Å². The number of aryl methyl sites for hydroxylation is 2. The molecule has 0 saturated heterocycles. The maximum Gasteiger partial charge on any atom is 0.271 e. The quantitative estimate of drug-likeness (QED) is 0.698. The lowest BCUT2D eigenvalue weighted by Crippen LogP contribution is -2.24. The smallest absolute Gasteiger partial charge is 0.271 e. The first-order valence-electron chi connectivity index (χ1n) is 8.62. The second kappa shape index (κ2) is 8.31. The zero-order chi connectivity index (χ0) is 19.2. The molecule has 1 heterocycles. The molecule has 0 aliphatic rings. The van der Waals surface area contributed by atoms with Gasteiger partial charge >= 0.3 is 0 Å². The van der Waals surface area contributed by atoms with E-state index in [-0.39, 0.29) is 11.6 Å². The van der Waals surface area contributed by atoms with Crippen molar-refractivity contribution in [2.45, 2.75) is 20.4 Å². The van der Waals surface area contributed by atoms with Gasteiger partial charge in [0.1, 0.15) is 17.3 Å². The van der Waals surface area contributed by atoms with Crippen LogP contribution in [0.2, 0.25) is 0 Å². The standard InChI is InChI=1S/C21H22N4O2/c1-14-8-15(2)10-17(9-14)25-20-13-22-19(12-23-20)21(26)24-11-16-4-6-18(27-3)7-5-16/h4-10,12-13H,11H2,1-3H3,(H,23,25)(H,24,26). The van der Waals surface area contributed by atoms with Crippen molar-refractivity contribution in [3.05, 3.63) is 77.2 Å². The van der Waals surface area contributed by atoms with Crippen LogP contribution in [0.4, 0.5) is 11.5 Å². The molecule has 0 atom stereocenters. The van der Waals surface area contributed by atoms with Crippen molar-refractivity contribution in [2.24, 2.45) is 0 Å². The van der Waals surface area contributed by atoms with E-state index in [4.69, 9.17) is 4.74 Å². The van der Waals surface area contributed by atoms with Crippen LogP contribution in [0.5, 0.6) is 5.75 Å². The summed E-state index contributed by atoms with van der Waals surface area (Å²) in [5.41, 5.74) is 4.53. The van der Waals surface area contributed by atoms with Crippen LogP contribution < -0.4 is 15.4 Å². The fraction of sp³-hybridized carbons (Fsp3) is 0.190. The number of hydrogen-bond donors (Lipinski definition) is 2. The number of hydrogen-bond acceptors (Lipinski definition) is 5. The number of amides is 1. The predicted molar refractivity (Wildman–Crippen MR) is 105 cm³/mol. The molecule has 6 nitrogen and oxygen atoms in total. The molecule has 3 rings (SSSR count). The van der Waals surface area contributed by atoms with Crippen molar-refractivity contribution in [2.75, 3.05) is 12.4 Å². The molecule has 0 bridgehead atoms. The third-order valence-electron chi connectivity index (χ3n) is 3.99. The van der Waals surface area contributed by atoms with Crippen molar-refractivity contribution >= 4 is 17.4 Å². The normalized spacial score (nSPS) is 10.3. The average molecular weight is 362 g/mol. The van der Waals surface area contributed by atoms with Crippen molar-refractivity contribution < 1.29 is 9.53 Å². The lowest BCUT2D eigenvalue weighted by molar-refractivity contribution is 0.0945. The van der Waals surface area contributed by atoms with Gasteiger partial charge in [-0.1, -0.05) is 18.2 Å². The minimum absolute atomic E-state index is 0.267. The molecule has 0 spiro atoms. The number of aromatic nitrogens is 2. The third-order valence-corrected chi connectivity index (χ3v) is 3.99. The Kier molecular flexibility index (Phi) is 5.66. The summed E-state index contributed by atoms with van der Waals surface area (Å²) in [7, 11) is 1.62. The van der Waals surface area contributed by atoms with E-state index in [1.54, 1.807) is 13.3 Å². The zero-order valence-corrected chi connectivity index (χ0v) is 15.6. The molecule has 2 N–H and O–H groups in total. The summed E-state index contributed by atoms with van der Waals surface area (Å²) < 4.78 is 5.12. The summed E-state index contributed by atoms with van der Waals surface area (Å²) in [6.07, 6.45) is 3.02. The fourth-order valence-corrected chi connectivity index (χ4v) is 2.72. The number of nitrogens with zero attached hydrogens (tertiary/aromatic N) is 2.